The highest BCUT2D eigenvalue weighted by atomic mass is 35.5. The molecule has 6 nitrogen and oxygen atoms in total. The average molecular weight is 287 g/mol. The highest BCUT2D eigenvalue weighted by Gasteiger charge is 2.17. The van der Waals surface area contributed by atoms with E-state index in [1.165, 1.54) is 0 Å². The van der Waals surface area contributed by atoms with Gasteiger partial charge >= 0.3 is 0 Å². The van der Waals surface area contributed by atoms with Crippen molar-refractivity contribution in [3.63, 3.8) is 0 Å². The number of hydrogen-bond acceptors (Lipinski definition) is 4. The molecule has 0 aliphatic rings. The molecule has 0 unspecified atom stereocenters. The summed E-state index contributed by atoms with van der Waals surface area (Å²) in [4.78, 5) is 8.81. The fourth-order valence-electron chi connectivity index (χ4n) is 2.65. The standard InChI is InChI=1S/C13H11ClN6/c1-6-4-9-16-12(14)8-5-15-13-10(7(2)18-19(13)3)11(8)20(9)17-6/h4-5H,1-3H3. The van der Waals surface area contributed by atoms with Crippen molar-refractivity contribution in [1.29, 1.82) is 0 Å². The monoisotopic (exact) mass is 286 g/mol. The van der Waals surface area contributed by atoms with Crippen molar-refractivity contribution < 1.29 is 0 Å². The lowest BCUT2D eigenvalue weighted by molar-refractivity contribution is 0.774. The molecular weight excluding hydrogens is 276 g/mol. The molecule has 7 heteroatoms. The molecule has 0 saturated heterocycles. The lowest BCUT2D eigenvalue weighted by Crippen LogP contribution is -1.97. The molecule has 4 rings (SSSR count). The summed E-state index contributed by atoms with van der Waals surface area (Å²) in [6.07, 6.45) is 1.73. The molecule has 20 heavy (non-hydrogen) atoms. The molecule has 0 amide bonds. The second kappa shape index (κ2) is 3.67. The van der Waals surface area contributed by atoms with Gasteiger partial charge in [-0.2, -0.15) is 10.2 Å². The van der Waals surface area contributed by atoms with Crippen molar-refractivity contribution in [2.24, 2.45) is 7.05 Å². The van der Waals surface area contributed by atoms with Gasteiger partial charge < -0.3 is 0 Å². The largest absolute Gasteiger partial charge is 0.250 e. The summed E-state index contributed by atoms with van der Waals surface area (Å²) in [5, 5.41) is 11.1. The number of fused-ring (bicyclic) bond motifs is 5. The van der Waals surface area contributed by atoms with Crippen LogP contribution in [0.25, 0.3) is 27.6 Å². The van der Waals surface area contributed by atoms with Crippen LogP contribution in [0.3, 0.4) is 0 Å². The highest BCUT2D eigenvalue weighted by molar-refractivity contribution is 6.35. The van der Waals surface area contributed by atoms with Crippen LogP contribution in [0.1, 0.15) is 11.4 Å². The van der Waals surface area contributed by atoms with Crippen LogP contribution in [-0.2, 0) is 7.05 Å². The number of nitrogens with zero attached hydrogens (tertiary/aromatic N) is 6. The van der Waals surface area contributed by atoms with Crippen LogP contribution in [-0.4, -0.2) is 29.4 Å². The molecule has 0 N–H and O–H groups in total. The number of aromatic nitrogens is 6. The fourth-order valence-corrected chi connectivity index (χ4v) is 2.88. The molecular formula is C13H11ClN6. The highest BCUT2D eigenvalue weighted by Crippen LogP contribution is 2.30. The van der Waals surface area contributed by atoms with E-state index < -0.39 is 0 Å². The van der Waals surface area contributed by atoms with Gasteiger partial charge in [-0.05, 0) is 13.8 Å². The number of halogens is 1. The molecule has 0 aliphatic heterocycles. The van der Waals surface area contributed by atoms with E-state index in [-0.39, 0.29) is 0 Å². The van der Waals surface area contributed by atoms with Gasteiger partial charge in [0.15, 0.2) is 11.3 Å². The van der Waals surface area contributed by atoms with E-state index in [9.17, 15) is 0 Å². The van der Waals surface area contributed by atoms with Crippen LogP contribution < -0.4 is 0 Å². The maximum atomic E-state index is 6.29. The molecule has 0 aromatic carbocycles. The Bertz CT molecular complexity index is 997. The summed E-state index contributed by atoms with van der Waals surface area (Å²) in [6, 6.07) is 1.91. The Balaban J connectivity index is 2.41. The SMILES string of the molecule is Cc1cc2nc(Cl)c3cnc4c(c(C)nn4C)c3n2n1. The predicted octanol–water partition coefficient (Wildman–Crippen LogP) is 2.43. The van der Waals surface area contributed by atoms with Gasteiger partial charge in [0.25, 0.3) is 0 Å². The van der Waals surface area contributed by atoms with Crippen LogP contribution >= 0.6 is 11.6 Å². The number of hydrogen-bond donors (Lipinski definition) is 0. The Kier molecular flexibility index (Phi) is 2.13. The first-order valence-corrected chi connectivity index (χ1v) is 6.58. The van der Waals surface area contributed by atoms with Gasteiger partial charge in [-0.1, -0.05) is 11.6 Å². The average Bonchev–Trinajstić information content (AvgIpc) is 2.90. The Morgan fingerprint density at radius 3 is 2.80 bits per heavy atom. The van der Waals surface area contributed by atoms with Crippen molar-refractivity contribution in [3.05, 3.63) is 28.8 Å². The third-order valence-electron chi connectivity index (χ3n) is 3.46. The maximum Gasteiger partial charge on any atom is 0.159 e. The van der Waals surface area contributed by atoms with Crippen molar-refractivity contribution >= 4 is 39.2 Å². The van der Waals surface area contributed by atoms with E-state index in [4.69, 9.17) is 11.6 Å². The summed E-state index contributed by atoms with van der Waals surface area (Å²) < 4.78 is 3.58. The minimum atomic E-state index is 0.435. The van der Waals surface area contributed by atoms with Gasteiger partial charge in [0.2, 0.25) is 0 Å². The van der Waals surface area contributed by atoms with Gasteiger partial charge in [-0.15, -0.1) is 0 Å². The van der Waals surface area contributed by atoms with Gasteiger partial charge in [0, 0.05) is 19.3 Å². The third kappa shape index (κ3) is 1.34. The Labute approximate surface area is 119 Å². The molecule has 0 atom stereocenters. The maximum absolute atomic E-state index is 6.29. The van der Waals surface area contributed by atoms with Crippen molar-refractivity contribution in [1.82, 2.24) is 29.4 Å². The summed E-state index contributed by atoms with van der Waals surface area (Å²) in [7, 11) is 1.88. The Morgan fingerprint density at radius 2 is 2.00 bits per heavy atom. The minimum absolute atomic E-state index is 0.435. The molecule has 0 spiro atoms. The van der Waals surface area contributed by atoms with Crippen LogP contribution in [0.4, 0.5) is 0 Å². The van der Waals surface area contributed by atoms with E-state index in [0.29, 0.717) is 5.15 Å². The van der Waals surface area contributed by atoms with Gasteiger partial charge in [0.05, 0.1) is 27.7 Å². The van der Waals surface area contributed by atoms with E-state index in [1.54, 1.807) is 10.9 Å². The summed E-state index contributed by atoms with van der Waals surface area (Å²) in [5.41, 5.74) is 4.25. The quantitative estimate of drug-likeness (QED) is 0.466. The second-order valence-electron chi connectivity index (χ2n) is 4.89. The zero-order chi connectivity index (χ0) is 14.0. The Morgan fingerprint density at radius 1 is 1.20 bits per heavy atom. The first-order chi connectivity index (χ1) is 9.56. The number of aryl methyl sites for hydroxylation is 3. The first-order valence-electron chi connectivity index (χ1n) is 6.20. The van der Waals surface area contributed by atoms with Crippen LogP contribution in [0, 0.1) is 13.8 Å². The van der Waals surface area contributed by atoms with Gasteiger partial charge in [-0.3, -0.25) is 4.68 Å². The molecule has 0 bridgehead atoms. The predicted molar refractivity (Wildman–Crippen MR) is 77.0 cm³/mol. The molecule has 100 valence electrons. The molecule has 4 aromatic rings. The zero-order valence-electron chi connectivity index (χ0n) is 11.2. The van der Waals surface area contributed by atoms with Crippen LogP contribution in [0.2, 0.25) is 5.15 Å². The van der Waals surface area contributed by atoms with Crippen LogP contribution in [0.15, 0.2) is 12.3 Å². The van der Waals surface area contributed by atoms with Crippen molar-refractivity contribution in [2.45, 2.75) is 13.8 Å². The Hall–Kier alpha value is -2.21. The molecule has 4 heterocycles. The molecule has 0 radical (unpaired) electrons. The van der Waals surface area contributed by atoms with E-state index in [1.807, 2.05) is 31.5 Å². The van der Waals surface area contributed by atoms with Crippen LogP contribution in [0.5, 0.6) is 0 Å². The second-order valence-corrected chi connectivity index (χ2v) is 5.24. The number of pyridine rings is 1. The molecule has 4 aromatic heterocycles. The normalized spacial score (nSPS) is 12.0. The first kappa shape index (κ1) is 11.6. The van der Waals surface area contributed by atoms with E-state index >= 15 is 0 Å². The summed E-state index contributed by atoms with van der Waals surface area (Å²) >= 11 is 6.29. The molecule has 0 saturated carbocycles. The van der Waals surface area contributed by atoms with Gasteiger partial charge in [0.1, 0.15) is 5.15 Å². The van der Waals surface area contributed by atoms with Crippen molar-refractivity contribution in [2.75, 3.05) is 0 Å². The third-order valence-corrected chi connectivity index (χ3v) is 3.75. The van der Waals surface area contributed by atoms with Crippen molar-refractivity contribution in [3.8, 4) is 0 Å². The van der Waals surface area contributed by atoms with E-state index in [0.717, 1.165) is 39.0 Å². The topological polar surface area (TPSA) is 60.9 Å². The van der Waals surface area contributed by atoms with E-state index in [2.05, 4.69) is 20.2 Å². The number of rotatable bonds is 0. The molecule has 0 aliphatic carbocycles. The summed E-state index contributed by atoms with van der Waals surface area (Å²) in [6.45, 7) is 3.89. The zero-order valence-corrected chi connectivity index (χ0v) is 12.0. The smallest absolute Gasteiger partial charge is 0.159 e. The fraction of sp³-hybridized carbons (Fsp3) is 0.231. The lowest BCUT2D eigenvalue weighted by atomic mass is 10.2. The lowest BCUT2D eigenvalue weighted by Gasteiger charge is -2.05. The van der Waals surface area contributed by atoms with Gasteiger partial charge in [-0.25, -0.2) is 14.5 Å². The molecule has 0 fully saturated rings. The summed E-state index contributed by atoms with van der Waals surface area (Å²) in [5.74, 6) is 0. The minimum Gasteiger partial charge on any atom is -0.250 e.